The van der Waals surface area contributed by atoms with Gasteiger partial charge in [-0.1, -0.05) is 121 Å². The molecule has 4 heterocycles. The van der Waals surface area contributed by atoms with Gasteiger partial charge in [-0.15, -0.1) is 11.3 Å². The topological polar surface area (TPSA) is 56.7 Å². The third-order valence-corrected chi connectivity index (χ3v) is 12.3. The number of benzene rings is 8. The number of para-hydroxylation sites is 1. The van der Waals surface area contributed by atoms with Crippen LogP contribution in [-0.2, 0) is 0 Å². The number of hydrogen-bond donors (Lipinski definition) is 0. The first-order chi connectivity index (χ1) is 28.2. The number of thiophene rings is 1. The lowest BCUT2D eigenvalue weighted by Gasteiger charge is -2.09. The molecule has 0 aliphatic carbocycles. The minimum absolute atomic E-state index is 0.597. The van der Waals surface area contributed by atoms with Gasteiger partial charge in [0.15, 0.2) is 17.5 Å². The summed E-state index contributed by atoms with van der Waals surface area (Å²) in [7, 11) is 0. The van der Waals surface area contributed by atoms with E-state index in [0.29, 0.717) is 17.5 Å². The first-order valence-electron chi connectivity index (χ1n) is 19.0. The third-order valence-electron chi connectivity index (χ3n) is 11.1. The Hall–Kier alpha value is -7.41. The van der Waals surface area contributed by atoms with Crippen LogP contribution in [0, 0.1) is 0 Å². The molecule has 6 heteroatoms. The molecule has 0 atom stereocenters. The summed E-state index contributed by atoms with van der Waals surface area (Å²) in [6, 6.07) is 63.8. The summed E-state index contributed by atoms with van der Waals surface area (Å²) in [6.07, 6.45) is 0. The molecule has 0 amide bonds. The predicted octanol–water partition coefficient (Wildman–Crippen LogP) is 13.9. The van der Waals surface area contributed by atoms with Crippen LogP contribution in [0.3, 0.4) is 0 Å². The maximum atomic E-state index is 6.69. The minimum Gasteiger partial charge on any atom is -0.456 e. The van der Waals surface area contributed by atoms with E-state index in [4.69, 9.17) is 19.4 Å². The van der Waals surface area contributed by atoms with Crippen molar-refractivity contribution in [1.82, 2.24) is 19.5 Å². The van der Waals surface area contributed by atoms with Crippen LogP contribution < -0.4 is 0 Å². The van der Waals surface area contributed by atoms with Gasteiger partial charge >= 0.3 is 0 Å². The van der Waals surface area contributed by atoms with Crippen LogP contribution in [-0.4, -0.2) is 19.5 Å². The molecule has 0 aliphatic heterocycles. The molecule has 0 N–H and O–H groups in total. The number of hydrogen-bond acceptors (Lipinski definition) is 5. The molecule has 0 saturated heterocycles. The van der Waals surface area contributed by atoms with Crippen LogP contribution in [0.25, 0.3) is 115 Å². The molecule has 57 heavy (non-hydrogen) atoms. The smallest absolute Gasteiger partial charge is 0.165 e. The van der Waals surface area contributed by atoms with Crippen molar-refractivity contribution in [1.29, 1.82) is 0 Å². The lowest BCUT2D eigenvalue weighted by Crippen LogP contribution is -2.00. The molecular formula is C51H30N4OS. The summed E-state index contributed by atoms with van der Waals surface area (Å²) in [4.78, 5) is 15.3. The van der Waals surface area contributed by atoms with Gasteiger partial charge in [-0.3, -0.25) is 0 Å². The maximum absolute atomic E-state index is 6.69. The van der Waals surface area contributed by atoms with Crippen molar-refractivity contribution < 1.29 is 4.42 Å². The van der Waals surface area contributed by atoms with Crippen LogP contribution in [0.1, 0.15) is 0 Å². The first kappa shape index (κ1) is 31.9. The number of aromatic nitrogens is 4. The van der Waals surface area contributed by atoms with Gasteiger partial charge in [0.25, 0.3) is 0 Å². The zero-order valence-corrected chi connectivity index (χ0v) is 31.2. The van der Waals surface area contributed by atoms with Crippen LogP contribution in [0.5, 0.6) is 0 Å². The van der Waals surface area contributed by atoms with Crippen molar-refractivity contribution >= 4 is 75.3 Å². The van der Waals surface area contributed by atoms with Crippen molar-refractivity contribution in [3.63, 3.8) is 0 Å². The molecule has 0 saturated carbocycles. The molecule has 0 fully saturated rings. The zero-order valence-electron chi connectivity index (χ0n) is 30.4. The van der Waals surface area contributed by atoms with E-state index in [0.717, 1.165) is 55.3 Å². The zero-order chi connectivity index (χ0) is 37.5. The molecule has 0 bridgehead atoms. The van der Waals surface area contributed by atoms with Crippen molar-refractivity contribution in [2.24, 2.45) is 0 Å². The molecule has 0 unspecified atom stereocenters. The largest absolute Gasteiger partial charge is 0.456 e. The van der Waals surface area contributed by atoms with E-state index < -0.39 is 0 Å². The lowest BCUT2D eigenvalue weighted by atomic mass is 10.0. The Kier molecular flexibility index (Phi) is 7.03. The fourth-order valence-corrected chi connectivity index (χ4v) is 9.58. The molecule has 0 radical (unpaired) electrons. The van der Waals surface area contributed by atoms with Crippen molar-refractivity contribution in [3.05, 3.63) is 182 Å². The van der Waals surface area contributed by atoms with Gasteiger partial charge in [0, 0.05) is 70.2 Å². The highest BCUT2D eigenvalue weighted by Crippen LogP contribution is 2.41. The van der Waals surface area contributed by atoms with Gasteiger partial charge in [0.1, 0.15) is 11.2 Å². The number of furan rings is 1. The van der Waals surface area contributed by atoms with Crippen LogP contribution in [0.2, 0.25) is 0 Å². The second kappa shape index (κ2) is 12.6. The summed E-state index contributed by atoms with van der Waals surface area (Å²) in [5.74, 6) is 1.87. The molecule has 4 aromatic heterocycles. The summed E-state index contributed by atoms with van der Waals surface area (Å²) < 4.78 is 11.4. The van der Waals surface area contributed by atoms with E-state index in [9.17, 15) is 0 Å². The lowest BCUT2D eigenvalue weighted by molar-refractivity contribution is 0.668. The summed E-state index contributed by atoms with van der Waals surface area (Å²) in [5.41, 5.74) is 10.2. The fraction of sp³-hybridized carbons (Fsp3) is 0. The van der Waals surface area contributed by atoms with Gasteiger partial charge in [0.2, 0.25) is 0 Å². The second-order valence-electron chi connectivity index (χ2n) is 14.4. The standard InChI is InChI=1S/C51H30N4OS/c1-3-12-31(13-4-1)33-23-27-44-42(28-33)36-16-7-9-20-43(36)55(44)35-24-26-38-37-25-22-34(29-45(37)56-46(38)30-35)50-52-49(32-14-5-2-6-15-32)53-51(54-50)41-19-11-18-40-39-17-8-10-21-47(39)57-48(40)41/h1-30H. The number of fused-ring (bicyclic) bond motifs is 9. The Bertz CT molecular complexity index is 3530. The van der Waals surface area contributed by atoms with Crippen molar-refractivity contribution in [3.8, 4) is 51.0 Å². The van der Waals surface area contributed by atoms with E-state index >= 15 is 0 Å². The highest BCUT2D eigenvalue weighted by atomic mass is 32.1. The van der Waals surface area contributed by atoms with E-state index in [1.165, 1.54) is 42.1 Å². The SMILES string of the molecule is c1ccc(-c2ccc3c(c2)c2ccccc2n3-c2ccc3c(c2)oc2cc(-c4nc(-c5ccccc5)nc(-c5cccc6c5sc5ccccc56)n4)ccc23)cc1. The normalized spacial score (nSPS) is 11.9. The number of rotatable bonds is 5. The monoisotopic (exact) mass is 746 g/mol. The molecule has 266 valence electrons. The molecule has 12 rings (SSSR count). The third kappa shape index (κ3) is 5.12. The average Bonchev–Trinajstić information content (AvgIpc) is 3.95. The highest BCUT2D eigenvalue weighted by molar-refractivity contribution is 7.26. The molecular weight excluding hydrogens is 717 g/mol. The Labute approximate surface area is 330 Å². The van der Waals surface area contributed by atoms with Gasteiger partial charge < -0.3 is 8.98 Å². The summed E-state index contributed by atoms with van der Waals surface area (Å²) in [6.45, 7) is 0. The molecule has 12 aromatic rings. The summed E-state index contributed by atoms with van der Waals surface area (Å²) in [5, 5.41) is 6.99. The van der Waals surface area contributed by atoms with E-state index in [1.807, 2.05) is 30.3 Å². The van der Waals surface area contributed by atoms with Gasteiger partial charge in [-0.2, -0.15) is 0 Å². The van der Waals surface area contributed by atoms with Gasteiger partial charge in [-0.25, -0.2) is 15.0 Å². The quantitative estimate of drug-likeness (QED) is 0.176. The van der Waals surface area contributed by atoms with E-state index in [1.54, 1.807) is 11.3 Å². The van der Waals surface area contributed by atoms with Crippen LogP contribution >= 0.6 is 11.3 Å². The number of nitrogens with zero attached hydrogens (tertiary/aromatic N) is 4. The Morgan fingerprint density at radius 1 is 0.386 bits per heavy atom. The fourth-order valence-electron chi connectivity index (χ4n) is 8.37. The van der Waals surface area contributed by atoms with Gasteiger partial charge in [-0.05, 0) is 65.7 Å². The minimum atomic E-state index is 0.597. The highest BCUT2D eigenvalue weighted by Gasteiger charge is 2.19. The molecule has 0 aliphatic rings. The first-order valence-corrected chi connectivity index (χ1v) is 19.8. The Morgan fingerprint density at radius 2 is 1.02 bits per heavy atom. The van der Waals surface area contributed by atoms with E-state index in [-0.39, 0.29) is 0 Å². The molecule has 5 nitrogen and oxygen atoms in total. The Balaban J connectivity index is 0.995. The molecule has 0 spiro atoms. The summed E-state index contributed by atoms with van der Waals surface area (Å²) >= 11 is 1.77. The predicted molar refractivity (Wildman–Crippen MR) is 236 cm³/mol. The molecule has 8 aromatic carbocycles. The second-order valence-corrected chi connectivity index (χ2v) is 15.4. The average molecular weight is 747 g/mol. The van der Waals surface area contributed by atoms with Crippen molar-refractivity contribution in [2.75, 3.05) is 0 Å². The van der Waals surface area contributed by atoms with Gasteiger partial charge in [0.05, 0.1) is 11.0 Å². The van der Waals surface area contributed by atoms with E-state index in [2.05, 4.69) is 156 Å². The van der Waals surface area contributed by atoms with Crippen LogP contribution in [0.4, 0.5) is 0 Å². The van der Waals surface area contributed by atoms with Crippen LogP contribution in [0.15, 0.2) is 186 Å². The van der Waals surface area contributed by atoms with Crippen molar-refractivity contribution in [2.45, 2.75) is 0 Å². The maximum Gasteiger partial charge on any atom is 0.165 e. The Morgan fingerprint density at radius 3 is 1.86 bits per heavy atom.